The quantitative estimate of drug-likeness (QED) is 0.667. The van der Waals surface area contributed by atoms with Gasteiger partial charge in [0.1, 0.15) is 0 Å². The van der Waals surface area contributed by atoms with E-state index >= 15 is 0 Å². The summed E-state index contributed by atoms with van der Waals surface area (Å²) in [4.78, 5) is 19.3. The molecule has 1 fully saturated rings. The number of hydrogen-bond donors (Lipinski definition) is 0. The van der Waals surface area contributed by atoms with E-state index in [1.54, 1.807) is 23.4 Å². The van der Waals surface area contributed by atoms with E-state index in [0.717, 1.165) is 21.9 Å². The summed E-state index contributed by atoms with van der Waals surface area (Å²) in [5, 5.41) is 1.77. The first-order valence-corrected chi connectivity index (χ1v) is 11.0. The highest BCUT2D eigenvalue weighted by atomic mass is 32.2. The standard InChI is InChI=1S/C22H23N3O3S/c1-16-7-8-21(17(2)13-16)29(27,28)25-11-9-24(10-12-25)22(26)20-15-23-14-18-5-3-4-6-19(18)20/h3-8,13-15H,9-12H2,1-2H3. The number of carbonyl (C=O) groups is 1. The summed E-state index contributed by atoms with van der Waals surface area (Å²) in [5.74, 6) is -0.113. The van der Waals surface area contributed by atoms with Crippen molar-refractivity contribution in [3.05, 3.63) is 71.5 Å². The van der Waals surface area contributed by atoms with Gasteiger partial charge in [0.25, 0.3) is 5.91 Å². The Morgan fingerprint density at radius 3 is 2.41 bits per heavy atom. The van der Waals surface area contributed by atoms with E-state index in [9.17, 15) is 13.2 Å². The molecule has 2 heterocycles. The highest BCUT2D eigenvalue weighted by Gasteiger charge is 2.31. The van der Waals surface area contributed by atoms with Crippen LogP contribution in [0.2, 0.25) is 0 Å². The molecule has 2 aromatic carbocycles. The van der Waals surface area contributed by atoms with Gasteiger partial charge in [-0.25, -0.2) is 8.42 Å². The molecule has 0 N–H and O–H groups in total. The van der Waals surface area contributed by atoms with Crippen molar-refractivity contribution in [1.29, 1.82) is 0 Å². The van der Waals surface area contributed by atoms with E-state index in [-0.39, 0.29) is 19.0 Å². The van der Waals surface area contributed by atoms with E-state index < -0.39 is 10.0 Å². The molecule has 3 aromatic rings. The molecule has 6 nitrogen and oxygen atoms in total. The second-order valence-electron chi connectivity index (χ2n) is 7.37. The smallest absolute Gasteiger partial charge is 0.256 e. The molecule has 0 bridgehead atoms. The molecule has 29 heavy (non-hydrogen) atoms. The lowest BCUT2D eigenvalue weighted by Gasteiger charge is -2.34. The highest BCUT2D eigenvalue weighted by molar-refractivity contribution is 7.89. The number of hydrogen-bond acceptors (Lipinski definition) is 4. The molecule has 7 heteroatoms. The number of aryl methyl sites for hydroxylation is 2. The van der Waals surface area contributed by atoms with Crippen LogP contribution in [0, 0.1) is 13.8 Å². The second-order valence-corrected chi connectivity index (χ2v) is 9.28. The van der Waals surface area contributed by atoms with E-state index in [1.165, 1.54) is 4.31 Å². The molecular weight excluding hydrogens is 386 g/mol. The third-order valence-electron chi connectivity index (χ3n) is 5.37. The largest absolute Gasteiger partial charge is 0.336 e. The van der Waals surface area contributed by atoms with Crippen molar-refractivity contribution in [2.24, 2.45) is 0 Å². The van der Waals surface area contributed by atoms with E-state index in [4.69, 9.17) is 0 Å². The average Bonchev–Trinajstić information content (AvgIpc) is 2.72. The van der Waals surface area contributed by atoms with Crippen molar-refractivity contribution in [3.8, 4) is 0 Å². The van der Waals surface area contributed by atoms with Crippen molar-refractivity contribution in [3.63, 3.8) is 0 Å². The molecular formula is C22H23N3O3S. The molecule has 1 amide bonds. The van der Waals surface area contributed by atoms with Crippen molar-refractivity contribution < 1.29 is 13.2 Å². The van der Waals surface area contributed by atoms with Crippen molar-refractivity contribution in [1.82, 2.24) is 14.2 Å². The maximum atomic E-state index is 13.1. The molecule has 0 atom stereocenters. The SMILES string of the molecule is Cc1ccc(S(=O)(=O)N2CCN(C(=O)c3cncc4ccccc34)CC2)c(C)c1. The number of nitrogens with zero attached hydrogens (tertiary/aromatic N) is 3. The average molecular weight is 410 g/mol. The molecule has 0 spiro atoms. The normalized spacial score (nSPS) is 15.6. The second kappa shape index (κ2) is 7.57. The van der Waals surface area contributed by atoms with Crippen LogP contribution < -0.4 is 0 Å². The van der Waals surface area contributed by atoms with Crippen LogP contribution in [0.15, 0.2) is 59.8 Å². The predicted molar refractivity (Wildman–Crippen MR) is 112 cm³/mol. The number of pyridine rings is 1. The predicted octanol–water partition coefficient (Wildman–Crippen LogP) is 3.00. The lowest BCUT2D eigenvalue weighted by atomic mass is 10.1. The summed E-state index contributed by atoms with van der Waals surface area (Å²) in [7, 11) is -3.57. The number of fused-ring (bicyclic) bond motifs is 1. The van der Waals surface area contributed by atoms with E-state index in [2.05, 4.69) is 4.98 Å². The lowest BCUT2D eigenvalue weighted by Crippen LogP contribution is -2.50. The molecule has 0 unspecified atom stereocenters. The Morgan fingerprint density at radius 2 is 1.69 bits per heavy atom. The summed E-state index contributed by atoms with van der Waals surface area (Å²) >= 11 is 0. The van der Waals surface area contributed by atoms with E-state index in [1.807, 2.05) is 50.2 Å². The minimum Gasteiger partial charge on any atom is -0.336 e. The van der Waals surface area contributed by atoms with Crippen molar-refractivity contribution in [2.45, 2.75) is 18.7 Å². The molecule has 1 saturated heterocycles. The van der Waals surface area contributed by atoms with Crippen LogP contribution in [0.25, 0.3) is 10.8 Å². The summed E-state index contributed by atoms with van der Waals surface area (Å²) in [6.07, 6.45) is 3.32. The first-order valence-electron chi connectivity index (χ1n) is 9.57. The third kappa shape index (κ3) is 3.63. The number of piperazine rings is 1. The molecule has 4 rings (SSSR count). The zero-order chi connectivity index (χ0) is 20.6. The molecule has 0 saturated carbocycles. The summed E-state index contributed by atoms with van der Waals surface area (Å²) in [6.45, 7) is 5.01. The van der Waals surface area contributed by atoms with Gasteiger partial charge in [-0.15, -0.1) is 0 Å². The van der Waals surface area contributed by atoms with E-state index in [0.29, 0.717) is 23.5 Å². The number of rotatable bonds is 3. The maximum absolute atomic E-state index is 13.1. The Morgan fingerprint density at radius 1 is 0.966 bits per heavy atom. The van der Waals surface area contributed by atoms with Crippen molar-refractivity contribution in [2.75, 3.05) is 26.2 Å². The molecule has 0 aliphatic carbocycles. The van der Waals surface area contributed by atoms with Gasteiger partial charge in [0.15, 0.2) is 0 Å². The van der Waals surface area contributed by atoms with Crippen LogP contribution in [-0.4, -0.2) is 54.7 Å². The Balaban J connectivity index is 1.52. The fourth-order valence-corrected chi connectivity index (χ4v) is 5.44. The van der Waals surface area contributed by atoms with Gasteiger partial charge in [-0.3, -0.25) is 9.78 Å². The molecule has 1 aliphatic heterocycles. The van der Waals surface area contributed by atoms with Gasteiger partial charge < -0.3 is 4.90 Å². The minimum absolute atomic E-state index is 0.113. The minimum atomic E-state index is -3.57. The summed E-state index contributed by atoms with van der Waals surface area (Å²) in [5.41, 5.74) is 2.32. The van der Waals surface area contributed by atoms with Crippen LogP contribution in [0.4, 0.5) is 0 Å². The monoisotopic (exact) mass is 409 g/mol. The van der Waals surface area contributed by atoms with Gasteiger partial charge in [-0.05, 0) is 30.9 Å². The highest BCUT2D eigenvalue weighted by Crippen LogP contribution is 2.24. The molecule has 1 aliphatic rings. The fraction of sp³-hybridized carbons (Fsp3) is 0.273. The molecule has 0 radical (unpaired) electrons. The zero-order valence-corrected chi connectivity index (χ0v) is 17.3. The molecule has 1 aromatic heterocycles. The topological polar surface area (TPSA) is 70.6 Å². The number of carbonyl (C=O) groups excluding carboxylic acids is 1. The van der Waals surface area contributed by atoms with Gasteiger partial charge in [-0.2, -0.15) is 4.31 Å². The number of benzene rings is 2. The maximum Gasteiger partial charge on any atom is 0.256 e. The number of amides is 1. The van der Waals surface area contributed by atoms with Crippen LogP contribution in [-0.2, 0) is 10.0 Å². The van der Waals surface area contributed by atoms with Crippen LogP contribution >= 0.6 is 0 Å². The summed E-state index contributed by atoms with van der Waals surface area (Å²) < 4.78 is 27.6. The number of aromatic nitrogens is 1. The first-order chi connectivity index (χ1) is 13.9. The Kier molecular flexibility index (Phi) is 5.10. The van der Waals surface area contributed by atoms with Crippen molar-refractivity contribution >= 4 is 26.7 Å². The van der Waals surface area contributed by atoms with Gasteiger partial charge in [0.05, 0.1) is 10.5 Å². The zero-order valence-electron chi connectivity index (χ0n) is 16.5. The first kappa shape index (κ1) is 19.5. The Labute approximate surface area is 170 Å². The van der Waals surface area contributed by atoms with Gasteiger partial charge in [0, 0.05) is 44.0 Å². The Bertz CT molecular complexity index is 1180. The van der Waals surface area contributed by atoms with Gasteiger partial charge in [-0.1, -0.05) is 42.0 Å². The van der Waals surface area contributed by atoms with Crippen LogP contribution in [0.1, 0.15) is 21.5 Å². The van der Waals surface area contributed by atoms with Crippen LogP contribution in [0.5, 0.6) is 0 Å². The van der Waals surface area contributed by atoms with Gasteiger partial charge in [0.2, 0.25) is 10.0 Å². The number of sulfonamides is 1. The van der Waals surface area contributed by atoms with Crippen LogP contribution in [0.3, 0.4) is 0 Å². The summed E-state index contributed by atoms with van der Waals surface area (Å²) in [6, 6.07) is 13.0. The lowest BCUT2D eigenvalue weighted by molar-refractivity contribution is 0.0699. The fourth-order valence-electron chi connectivity index (χ4n) is 3.82. The molecule has 150 valence electrons. The Hall–Kier alpha value is -2.77. The third-order valence-corrected chi connectivity index (χ3v) is 7.43. The van der Waals surface area contributed by atoms with Gasteiger partial charge >= 0.3 is 0 Å².